The molecule has 0 spiro atoms. The van der Waals surface area contributed by atoms with Crippen LogP contribution in [0.3, 0.4) is 0 Å². The highest BCUT2D eigenvalue weighted by molar-refractivity contribution is 6.28. The Morgan fingerprint density at radius 3 is 3.00 bits per heavy atom. The Morgan fingerprint density at radius 1 is 1.39 bits per heavy atom. The zero-order valence-corrected chi connectivity index (χ0v) is 12.7. The molecule has 1 aromatic carbocycles. The Labute approximate surface area is 133 Å². The smallest absolute Gasteiger partial charge is 0.419 e. The average Bonchev–Trinajstić information content (AvgIpc) is 3.11. The highest BCUT2D eigenvalue weighted by atomic mass is 16.7. The summed E-state index contributed by atoms with van der Waals surface area (Å²) >= 11 is 0. The molecule has 1 atom stereocenters. The number of hydrogen-bond donors (Lipinski definition) is 2. The number of β-amino-alcohol motifs (C(OH)–C–C–N with tert-alkyl or cyclic N) is 1. The van der Waals surface area contributed by atoms with Crippen LogP contribution in [0.4, 0.5) is 0 Å². The Hall–Kier alpha value is -2.12. The van der Waals surface area contributed by atoms with Crippen LogP contribution in [0.5, 0.6) is 5.75 Å². The van der Waals surface area contributed by atoms with Gasteiger partial charge in [-0.25, -0.2) is 9.59 Å². The van der Waals surface area contributed by atoms with E-state index in [1.54, 1.807) is 0 Å². The van der Waals surface area contributed by atoms with Crippen molar-refractivity contribution < 1.29 is 29.3 Å². The van der Waals surface area contributed by atoms with E-state index in [9.17, 15) is 14.7 Å². The van der Waals surface area contributed by atoms with E-state index in [-0.39, 0.29) is 13.0 Å². The Bertz CT molecular complexity index is 631. The summed E-state index contributed by atoms with van der Waals surface area (Å²) in [4.78, 5) is 23.5. The van der Waals surface area contributed by atoms with Gasteiger partial charge >= 0.3 is 11.9 Å². The number of aliphatic carboxylic acids is 1. The number of likely N-dealkylation sites (tertiary alicyclic amines) is 1. The second kappa shape index (κ2) is 6.17. The van der Waals surface area contributed by atoms with Gasteiger partial charge in [0.05, 0.1) is 13.2 Å². The molecule has 1 fully saturated rings. The number of rotatable bonds is 4. The second-order valence-electron chi connectivity index (χ2n) is 5.96. The monoisotopic (exact) mass is 321 g/mol. The molecule has 3 rings (SSSR count). The fourth-order valence-corrected chi connectivity index (χ4v) is 3.01. The van der Waals surface area contributed by atoms with Gasteiger partial charge < -0.3 is 19.7 Å². The molecule has 0 saturated carbocycles. The number of benzene rings is 1. The highest BCUT2D eigenvalue weighted by Gasteiger charge is 2.40. The maximum absolute atomic E-state index is 11.1. The molecule has 0 aromatic heterocycles. The van der Waals surface area contributed by atoms with Gasteiger partial charge in [0, 0.05) is 25.9 Å². The summed E-state index contributed by atoms with van der Waals surface area (Å²) in [5, 5.41) is 18.7. The van der Waals surface area contributed by atoms with Gasteiger partial charge in [0.1, 0.15) is 5.75 Å². The van der Waals surface area contributed by atoms with Crippen molar-refractivity contribution in [3.63, 3.8) is 0 Å². The van der Waals surface area contributed by atoms with Crippen LogP contribution in [0.1, 0.15) is 17.5 Å². The summed E-state index contributed by atoms with van der Waals surface area (Å²) in [7, 11) is 0. The standard InChI is InChI=1S/C16H19NO6/c18-14(19)15(20)23-16(21)5-7-17(10-16)6-3-11-1-2-13-12(9-11)4-8-22-13/h1-2,9,21H,3-8,10H2,(H,18,19)/t16-/m1/s1. The van der Waals surface area contributed by atoms with Crippen molar-refractivity contribution in [1.82, 2.24) is 4.90 Å². The van der Waals surface area contributed by atoms with Crippen LogP contribution in [0.15, 0.2) is 18.2 Å². The quantitative estimate of drug-likeness (QED) is 0.464. The van der Waals surface area contributed by atoms with Gasteiger partial charge in [0.2, 0.25) is 5.79 Å². The Kier molecular flexibility index (Phi) is 4.23. The van der Waals surface area contributed by atoms with Crippen molar-refractivity contribution in [1.29, 1.82) is 0 Å². The molecule has 1 aromatic rings. The first-order valence-corrected chi connectivity index (χ1v) is 7.61. The van der Waals surface area contributed by atoms with Crippen LogP contribution in [0.25, 0.3) is 0 Å². The number of nitrogens with zero attached hydrogens (tertiary/aromatic N) is 1. The number of carboxylic acid groups (broad SMARTS) is 1. The second-order valence-corrected chi connectivity index (χ2v) is 5.96. The topological polar surface area (TPSA) is 96.3 Å². The lowest BCUT2D eigenvalue weighted by molar-refractivity contribution is -0.208. The molecule has 23 heavy (non-hydrogen) atoms. The van der Waals surface area contributed by atoms with E-state index in [0.29, 0.717) is 13.1 Å². The minimum absolute atomic E-state index is 0.125. The van der Waals surface area contributed by atoms with E-state index in [0.717, 1.165) is 25.2 Å². The van der Waals surface area contributed by atoms with E-state index >= 15 is 0 Å². The zero-order valence-electron chi connectivity index (χ0n) is 12.7. The first kappa shape index (κ1) is 15.8. The van der Waals surface area contributed by atoms with Crippen LogP contribution in [-0.4, -0.2) is 59.1 Å². The predicted octanol–water partition coefficient (Wildman–Crippen LogP) is 0.186. The molecular formula is C16H19NO6. The first-order valence-electron chi connectivity index (χ1n) is 7.61. The van der Waals surface area contributed by atoms with Crippen LogP contribution in [-0.2, 0) is 27.2 Å². The van der Waals surface area contributed by atoms with Gasteiger partial charge in [-0.05, 0) is 23.6 Å². The number of fused-ring (bicyclic) bond motifs is 1. The Morgan fingerprint density at radius 2 is 2.22 bits per heavy atom. The van der Waals surface area contributed by atoms with Crippen LogP contribution < -0.4 is 4.74 Å². The molecule has 0 aliphatic carbocycles. The maximum Gasteiger partial charge on any atom is 0.419 e. The number of hydrogen-bond acceptors (Lipinski definition) is 6. The normalized spacial score (nSPS) is 23.3. The molecule has 7 heteroatoms. The fourth-order valence-electron chi connectivity index (χ4n) is 3.01. The van der Waals surface area contributed by atoms with Gasteiger partial charge in [0.25, 0.3) is 0 Å². The number of carboxylic acids is 1. The fraction of sp³-hybridized carbons (Fsp3) is 0.500. The molecule has 2 aliphatic heterocycles. The molecular weight excluding hydrogens is 302 g/mol. The van der Waals surface area contributed by atoms with Crippen LogP contribution in [0, 0.1) is 0 Å². The van der Waals surface area contributed by atoms with E-state index in [2.05, 4.69) is 10.8 Å². The predicted molar refractivity (Wildman–Crippen MR) is 79.1 cm³/mol. The van der Waals surface area contributed by atoms with E-state index in [1.165, 1.54) is 11.1 Å². The molecule has 0 bridgehead atoms. The third kappa shape index (κ3) is 3.62. The lowest BCUT2D eigenvalue weighted by atomic mass is 10.1. The molecule has 124 valence electrons. The summed E-state index contributed by atoms with van der Waals surface area (Å²) in [5.74, 6) is -3.88. The third-order valence-corrected chi connectivity index (χ3v) is 4.22. The SMILES string of the molecule is O=C(O)C(=O)O[C@]1(O)CCN(CCc2ccc3c(c2)CCO3)C1. The number of carbonyl (C=O) groups excluding carboxylic acids is 1. The maximum atomic E-state index is 11.1. The van der Waals surface area contributed by atoms with Crippen molar-refractivity contribution in [2.24, 2.45) is 0 Å². The summed E-state index contributed by atoms with van der Waals surface area (Å²) in [6.45, 7) is 2.11. The number of esters is 1. The van der Waals surface area contributed by atoms with Gasteiger partial charge in [-0.2, -0.15) is 0 Å². The summed E-state index contributed by atoms with van der Waals surface area (Å²) in [6.07, 6.45) is 1.94. The van der Waals surface area contributed by atoms with E-state index < -0.39 is 17.7 Å². The van der Waals surface area contributed by atoms with Crippen molar-refractivity contribution in [3.05, 3.63) is 29.3 Å². The minimum atomic E-state index is -1.71. The third-order valence-electron chi connectivity index (χ3n) is 4.22. The number of carbonyl (C=O) groups is 2. The minimum Gasteiger partial charge on any atom is -0.493 e. The number of aliphatic hydroxyl groups is 1. The van der Waals surface area contributed by atoms with Crippen molar-refractivity contribution in [2.45, 2.75) is 25.0 Å². The van der Waals surface area contributed by atoms with Crippen molar-refractivity contribution in [2.75, 3.05) is 26.2 Å². The average molecular weight is 321 g/mol. The van der Waals surface area contributed by atoms with E-state index in [1.807, 2.05) is 17.0 Å². The van der Waals surface area contributed by atoms with Crippen molar-refractivity contribution in [3.8, 4) is 5.75 Å². The Balaban J connectivity index is 1.52. The molecule has 7 nitrogen and oxygen atoms in total. The molecule has 0 unspecified atom stereocenters. The lowest BCUT2D eigenvalue weighted by Gasteiger charge is -2.22. The molecule has 1 saturated heterocycles. The summed E-state index contributed by atoms with van der Waals surface area (Å²) in [5.41, 5.74) is 2.41. The van der Waals surface area contributed by atoms with Gasteiger partial charge in [0.15, 0.2) is 0 Å². The van der Waals surface area contributed by atoms with Crippen molar-refractivity contribution >= 4 is 11.9 Å². The first-order chi connectivity index (χ1) is 11.0. The molecule has 2 aliphatic rings. The summed E-state index contributed by atoms with van der Waals surface area (Å²) < 4.78 is 10.1. The molecule has 0 radical (unpaired) electrons. The zero-order chi connectivity index (χ0) is 16.4. The van der Waals surface area contributed by atoms with Gasteiger partial charge in [-0.15, -0.1) is 0 Å². The molecule has 2 heterocycles. The number of ether oxygens (including phenoxy) is 2. The van der Waals surface area contributed by atoms with Crippen LogP contribution >= 0.6 is 0 Å². The largest absolute Gasteiger partial charge is 0.493 e. The van der Waals surface area contributed by atoms with Crippen LogP contribution in [0.2, 0.25) is 0 Å². The van der Waals surface area contributed by atoms with Gasteiger partial charge in [-0.1, -0.05) is 12.1 Å². The summed E-state index contributed by atoms with van der Waals surface area (Å²) in [6, 6.07) is 6.14. The highest BCUT2D eigenvalue weighted by Crippen LogP contribution is 2.27. The van der Waals surface area contributed by atoms with Gasteiger partial charge in [-0.3, -0.25) is 4.90 Å². The molecule has 0 amide bonds. The molecule has 2 N–H and O–H groups in total. The lowest BCUT2D eigenvalue weighted by Crippen LogP contribution is -2.40. The van der Waals surface area contributed by atoms with E-state index in [4.69, 9.17) is 9.84 Å².